The van der Waals surface area contributed by atoms with Crippen molar-refractivity contribution in [2.24, 2.45) is 9.66 Å². The van der Waals surface area contributed by atoms with Crippen LogP contribution >= 0.6 is 6.74 Å². The zero-order valence-electron chi connectivity index (χ0n) is 14.0. The Kier molecular flexibility index (Phi) is 6.17. The molecule has 0 atom stereocenters. The Morgan fingerprint density at radius 1 is 0.833 bits per heavy atom. The molecule has 0 fully saturated rings. The second-order valence-electron chi connectivity index (χ2n) is 7.70. The third-order valence-corrected chi connectivity index (χ3v) is 32.4. The molecule has 0 N–H and O–H groups in total. The van der Waals surface area contributed by atoms with Crippen molar-refractivity contribution in [1.29, 1.82) is 0 Å². The lowest BCUT2D eigenvalue weighted by atomic mass is 10.9. The maximum absolute atomic E-state index is 6.35. The van der Waals surface area contributed by atoms with Gasteiger partial charge in [0.25, 0.3) is 15.5 Å². The van der Waals surface area contributed by atoms with Crippen molar-refractivity contribution >= 4 is 30.5 Å². The highest BCUT2D eigenvalue weighted by Gasteiger charge is 2.64. The second-order valence-corrected chi connectivity index (χ2v) is 35.5. The van der Waals surface area contributed by atoms with Gasteiger partial charge in [-0.05, 0) is 70.7 Å². The lowest BCUT2D eigenvalue weighted by molar-refractivity contribution is 0.378. The monoisotopic (exact) mass is 323 g/mol. The quantitative estimate of drug-likeness (QED) is 0.344. The van der Waals surface area contributed by atoms with Crippen LogP contribution in [0.2, 0.25) is 58.9 Å². The fourth-order valence-electron chi connectivity index (χ4n) is 2.07. The molecule has 108 valence electrons. The molecule has 0 aliphatic carbocycles. The molecule has 0 heterocycles. The summed E-state index contributed by atoms with van der Waals surface area (Å²) >= 11 is 0. The van der Waals surface area contributed by atoms with Crippen LogP contribution in [0.15, 0.2) is 9.66 Å². The van der Waals surface area contributed by atoms with Crippen molar-refractivity contribution in [1.82, 2.24) is 0 Å². The van der Waals surface area contributed by atoms with E-state index in [9.17, 15) is 0 Å². The minimum Gasteiger partial charge on any atom is -0.238 e. The van der Waals surface area contributed by atoms with Crippen LogP contribution in [0.3, 0.4) is 0 Å². The lowest BCUT2D eigenvalue weighted by Crippen LogP contribution is -2.41. The molecule has 0 bridgehead atoms. The van der Waals surface area contributed by atoms with Crippen molar-refractivity contribution in [3.8, 4) is 0 Å². The zero-order valence-corrected chi connectivity index (χ0v) is 17.9. The highest BCUT2D eigenvalue weighted by molar-refractivity contribution is 8.26. The molecule has 0 aromatic heterocycles. The van der Waals surface area contributed by atoms with Crippen molar-refractivity contribution in [3.63, 3.8) is 0 Å². The molecule has 0 saturated heterocycles. The zero-order chi connectivity index (χ0) is 14.8. The number of hydrogen-bond donors (Lipinski definition) is 0. The van der Waals surface area contributed by atoms with Gasteiger partial charge in [0, 0.05) is 0 Å². The van der Waals surface area contributed by atoms with Crippen LogP contribution in [-0.2, 0) is 4.52 Å². The summed E-state index contributed by atoms with van der Waals surface area (Å²) in [6.45, 7) is 22.3. The van der Waals surface area contributed by atoms with Gasteiger partial charge in [-0.15, -0.1) is 0 Å². The van der Waals surface area contributed by atoms with Crippen LogP contribution in [0.5, 0.6) is 0 Å². The first kappa shape index (κ1) is 18.6. The lowest BCUT2D eigenvalue weighted by Gasteiger charge is -2.37. The van der Waals surface area contributed by atoms with Crippen LogP contribution in [-0.4, -0.2) is 30.3 Å². The van der Waals surface area contributed by atoms with Gasteiger partial charge in [0.05, 0.1) is 6.61 Å². The van der Waals surface area contributed by atoms with E-state index in [1.807, 2.05) is 0 Å². The fourth-order valence-corrected chi connectivity index (χ4v) is 37.1. The predicted molar refractivity (Wildman–Crippen MR) is 93.4 cm³/mol. The molecular formula is C11H32N2OPSi3+. The van der Waals surface area contributed by atoms with Crippen LogP contribution in [0.1, 0.15) is 6.92 Å². The molecule has 0 aliphatic rings. The topological polar surface area (TPSA) is 34.0 Å². The predicted octanol–water partition coefficient (Wildman–Crippen LogP) is 5.83. The van der Waals surface area contributed by atoms with E-state index in [2.05, 4.69) is 65.8 Å². The van der Waals surface area contributed by atoms with Gasteiger partial charge in [-0.3, -0.25) is 0 Å². The summed E-state index contributed by atoms with van der Waals surface area (Å²) in [6, 6.07) is 0. The molecule has 18 heavy (non-hydrogen) atoms. The maximum Gasteiger partial charge on any atom is 0.268 e. The first-order valence-electron chi connectivity index (χ1n) is 6.75. The Morgan fingerprint density at radius 2 is 1.22 bits per heavy atom. The summed E-state index contributed by atoms with van der Waals surface area (Å²) in [5.41, 5.74) is 0. The largest absolute Gasteiger partial charge is 0.268 e. The van der Waals surface area contributed by atoms with Gasteiger partial charge in [0.15, 0.2) is 0 Å². The van der Waals surface area contributed by atoms with Crippen LogP contribution in [0.25, 0.3) is 0 Å². The molecule has 0 spiro atoms. The number of hydrogen-bond acceptors (Lipinski definition) is 3. The first-order chi connectivity index (χ1) is 7.77. The van der Waals surface area contributed by atoms with Gasteiger partial charge >= 0.3 is 0 Å². The molecule has 0 aliphatic heterocycles. The highest BCUT2D eigenvalue weighted by Crippen LogP contribution is 2.75. The Morgan fingerprint density at radius 3 is 1.44 bits per heavy atom. The SMILES string of the molecule is CCO[P+](N=N[Si](C)(C)C)([Si](C)(C)C)[Si](C)(C)C. The van der Waals surface area contributed by atoms with E-state index in [4.69, 9.17) is 14.2 Å². The van der Waals surface area contributed by atoms with Crippen molar-refractivity contribution in [2.75, 3.05) is 6.61 Å². The normalized spacial score (nSPS) is 15.4. The second kappa shape index (κ2) is 5.96. The molecule has 7 heteroatoms. The summed E-state index contributed by atoms with van der Waals surface area (Å²) < 4.78 is 11.1. The summed E-state index contributed by atoms with van der Waals surface area (Å²) in [7, 11) is -4.46. The van der Waals surface area contributed by atoms with Crippen LogP contribution in [0, 0.1) is 0 Å². The van der Waals surface area contributed by atoms with E-state index in [0.29, 0.717) is 0 Å². The molecule has 0 rings (SSSR count). The van der Waals surface area contributed by atoms with Gasteiger partial charge in [0.2, 0.25) is 15.0 Å². The van der Waals surface area contributed by atoms with Crippen LogP contribution < -0.4 is 0 Å². The Balaban J connectivity index is 5.73. The maximum atomic E-state index is 6.35. The third-order valence-electron chi connectivity index (χ3n) is 2.61. The molecule has 0 radical (unpaired) electrons. The molecule has 0 aromatic carbocycles. The summed E-state index contributed by atoms with van der Waals surface area (Å²) in [5, 5.41) is 0. The summed E-state index contributed by atoms with van der Waals surface area (Å²) in [5.74, 6) is 0. The third kappa shape index (κ3) is 4.63. The fraction of sp³-hybridized carbons (Fsp3) is 1.00. The van der Waals surface area contributed by atoms with E-state index in [-0.39, 0.29) is 0 Å². The van der Waals surface area contributed by atoms with Crippen molar-refractivity contribution in [3.05, 3.63) is 0 Å². The van der Waals surface area contributed by atoms with Gasteiger partial charge in [-0.1, -0.05) is 0 Å². The molecule has 0 aromatic rings. The standard InChI is InChI=1S/C11H32N2OPSi3/c1-11-14-15(17(5,6)7,18(8,9)10)12-13-16(2,3)4/h11H2,1-10H3/q+1. The van der Waals surface area contributed by atoms with Crippen molar-refractivity contribution < 1.29 is 4.52 Å². The molecule has 0 saturated carbocycles. The average molecular weight is 324 g/mol. The smallest absolute Gasteiger partial charge is 0.238 e. The number of nitrogens with zero attached hydrogens (tertiary/aromatic N) is 2. The van der Waals surface area contributed by atoms with E-state index >= 15 is 0 Å². The molecule has 0 unspecified atom stereocenters. The number of rotatable bonds is 6. The Labute approximate surface area is 117 Å². The average Bonchev–Trinajstić information content (AvgIpc) is 2.06. The Hall–Kier alpha value is 0.641. The summed E-state index contributed by atoms with van der Waals surface area (Å²) in [4.78, 5) is 4.96. The van der Waals surface area contributed by atoms with E-state index in [0.717, 1.165) is 6.61 Å². The van der Waals surface area contributed by atoms with Gasteiger partial charge in [0.1, 0.15) is 0 Å². The van der Waals surface area contributed by atoms with E-state index in [1.54, 1.807) is 0 Å². The Bertz CT molecular complexity index is 289. The minimum atomic E-state index is -1.69. The van der Waals surface area contributed by atoms with Crippen LogP contribution in [0.4, 0.5) is 0 Å². The van der Waals surface area contributed by atoms with E-state index < -0.39 is 30.5 Å². The van der Waals surface area contributed by atoms with Gasteiger partial charge in [-0.2, -0.15) is 0 Å². The van der Waals surface area contributed by atoms with E-state index in [1.165, 1.54) is 0 Å². The molecule has 0 amide bonds. The molecular weight excluding hydrogens is 291 g/mol. The summed E-state index contributed by atoms with van der Waals surface area (Å²) in [6.07, 6.45) is 0. The molecule has 3 nitrogen and oxygen atoms in total. The minimum absolute atomic E-state index is 0.771. The van der Waals surface area contributed by atoms with Gasteiger partial charge < -0.3 is 0 Å². The van der Waals surface area contributed by atoms with Gasteiger partial charge in [-0.25, -0.2) is 9.30 Å². The highest BCUT2D eigenvalue weighted by atomic mass is 31.7. The first-order valence-corrected chi connectivity index (χ1v) is 20.5. The van der Waals surface area contributed by atoms with Crippen molar-refractivity contribution in [2.45, 2.75) is 65.8 Å².